The highest BCUT2D eigenvalue weighted by atomic mass is 19.3. The fourth-order valence-corrected chi connectivity index (χ4v) is 1.79. The first-order chi connectivity index (χ1) is 7.85. The van der Waals surface area contributed by atoms with Gasteiger partial charge in [0.15, 0.2) is 5.84 Å². The molecule has 1 amide bonds. The normalized spacial score (nSPS) is 23.1. The average Bonchev–Trinajstić information content (AvgIpc) is 2.27. The van der Waals surface area contributed by atoms with Crippen molar-refractivity contribution in [3.63, 3.8) is 0 Å². The molecule has 0 bridgehead atoms. The van der Waals surface area contributed by atoms with Crippen LogP contribution < -0.4 is 11.1 Å². The Bertz CT molecular complexity index is 311. The van der Waals surface area contributed by atoms with Crippen LogP contribution in [0.2, 0.25) is 0 Å². The van der Waals surface area contributed by atoms with Crippen LogP contribution in [0.4, 0.5) is 8.78 Å². The van der Waals surface area contributed by atoms with Crippen LogP contribution in [0.5, 0.6) is 0 Å². The third-order valence-corrected chi connectivity index (χ3v) is 3.01. The number of nitrogens with one attached hydrogen (secondary N) is 1. The minimum absolute atomic E-state index is 0.112. The van der Waals surface area contributed by atoms with Crippen molar-refractivity contribution in [1.82, 2.24) is 5.32 Å². The van der Waals surface area contributed by atoms with Crippen molar-refractivity contribution in [2.24, 2.45) is 16.8 Å². The molecule has 0 aromatic rings. The lowest BCUT2D eigenvalue weighted by atomic mass is 9.86. The molecule has 0 radical (unpaired) electrons. The number of alkyl halides is 2. The Morgan fingerprint density at radius 2 is 2.06 bits per heavy atom. The molecule has 0 aromatic carbocycles. The van der Waals surface area contributed by atoms with Gasteiger partial charge in [0.05, 0.1) is 6.04 Å². The van der Waals surface area contributed by atoms with Crippen LogP contribution in [-0.4, -0.2) is 28.9 Å². The largest absolute Gasteiger partial charge is 0.409 e. The number of nitrogens with zero attached hydrogens (tertiary/aromatic N) is 1. The van der Waals surface area contributed by atoms with Crippen molar-refractivity contribution >= 4 is 11.7 Å². The molecule has 0 spiro atoms. The molecule has 1 fully saturated rings. The summed E-state index contributed by atoms with van der Waals surface area (Å²) in [6.45, 7) is 1.56. The van der Waals surface area contributed by atoms with Gasteiger partial charge < -0.3 is 16.3 Å². The number of amides is 1. The van der Waals surface area contributed by atoms with Crippen molar-refractivity contribution in [2.75, 3.05) is 0 Å². The number of hydrogen-bond donors (Lipinski definition) is 3. The highest BCUT2D eigenvalue weighted by Gasteiger charge is 2.37. The molecule has 1 saturated carbocycles. The zero-order valence-electron chi connectivity index (χ0n) is 9.62. The fraction of sp³-hybridized carbons (Fsp3) is 0.800. The SMILES string of the molecule is CC(NC(=O)C1CCC(F)(F)CC1)C(N)=NO. The predicted molar refractivity (Wildman–Crippen MR) is 57.9 cm³/mol. The maximum Gasteiger partial charge on any atom is 0.248 e. The summed E-state index contributed by atoms with van der Waals surface area (Å²) in [5.74, 6) is -3.49. The lowest BCUT2D eigenvalue weighted by molar-refractivity contribution is -0.129. The second-order valence-corrected chi connectivity index (χ2v) is 4.39. The van der Waals surface area contributed by atoms with Gasteiger partial charge in [-0.2, -0.15) is 0 Å². The molecule has 1 aliphatic rings. The van der Waals surface area contributed by atoms with Gasteiger partial charge >= 0.3 is 0 Å². The summed E-state index contributed by atoms with van der Waals surface area (Å²) in [6.07, 6.45) is -0.185. The second kappa shape index (κ2) is 5.29. The molecule has 0 saturated heterocycles. The molecule has 17 heavy (non-hydrogen) atoms. The maximum absolute atomic E-state index is 12.9. The summed E-state index contributed by atoms with van der Waals surface area (Å²) in [6, 6.07) is -0.602. The zero-order chi connectivity index (χ0) is 13.1. The van der Waals surface area contributed by atoms with E-state index in [1.165, 1.54) is 0 Å². The Labute approximate surface area is 98.0 Å². The maximum atomic E-state index is 12.9. The van der Waals surface area contributed by atoms with E-state index in [1.54, 1.807) is 6.92 Å². The van der Waals surface area contributed by atoms with Crippen molar-refractivity contribution in [1.29, 1.82) is 0 Å². The van der Waals surface area contributed by atoms with Gasteiger partial charge in [-0.15, -0.1) is 0 Å². The number of oxime groups is 1. The second-order valence-electron chi connectivity index (χ2n) is 4.39. The topological polar surface area (TPSA) is 87.7 Å². The van der Waals surface area contributed by atoms with Gasteiger partial charge in [0.2, 0.25) is 11.8 Å². The van der Waals surface area contributed by atoms with Crippen LogP contribution >= 0.6 is 0 Å². The summed E-state index contributed by atoms with van der Waals surface area (Å²) in [5, 5.41) is 13.7. The minimum Gasteiger partial charge on any atom is -0.409 e. The molecule has 1 unspecified atom stereocenters. The van der Waals surface area contributed by atoms with Gasteiger partial charge in [-0.05, 0) is 19.8 Å². The molecule has 1 rings (SSSR count). The summed E-state index contributed by atoms with van der Waals surface area (Å²) >= 11 is 0. The van der Waals surface area contributed by atoms with Crippen molar-refractivity contribution in [2.45, 2.75) is 44.6 Å². The molecule has 7 heteroatoms. The van der Waals surface area contributed by atoms with Crippen molar-refractivity contribution in [3.8, 4) is 0 Å². The van der Waals surface area contributed by atoms with Gasteiger partial charge in [-0.1, -0.05) is 5.16 Å². The molecule has 4 N–H and O–H groups in total. The van der Waals surface area contributed by atoms with Crippen LogP contribution in [0.1, 0.15) is 32.6 Å². The summed E-state index contributed by atoms with van der Waals surface area (Å²) in [5.41, 5.74) is 5.30. The Hall–Kier alpha value is -1.40. The molecule has 0 heterocycles. The quantitative estimate of drug-likeness (QED) is 0.302. The van der Waals surface area contributed by atoms with E-state index in [-0.39, 0.29) is 37.4 Å². The standard InChI is InChI=1S/C10H17F2N3O2/c1-6(8(13)15-17)14-9(16)7-2-4-10(11,12)5-3-7/h6-7,17H,2-5H2,1H3,(H2,13,15)(H,14,16). The predicted octanol–water partition coefficient (Wildman–Crippen LogP) is 1.06. The smallest absolute Gasteiger partial charge is 0.248 e. The monoisotopic (exact) mass is 249 g/mol. The number of rotatable bonds is 3. The van der Waals surface area contributed by atoms with E-state index in [1.807, 2.05) is 0 Å². The fourth-order valence-electron chi connectivity index (χ4n) is 1.79. The third kappa shape index (κ3) is 3.83. The van der Waals surface area contributed by atoms with E-state index in [2.05, 4.69) is 10.5 Å². The number of halogens is 2. The zero-order valence-corrected chi connectivity index (χ0v) is 9.62. The van der Waals surface area contributed by atoms with E-state index in [4.69, 9.17) is 10.9 Å². The Kier molecular flexibility index (Phi) is 4.25. The summed E-state index contributed by atoms with van der Waals surface area (Å²) in [4.78, 5) is 11.7. The highest BCUT2D eigenvalue weighted by Crippen LogP contribution is 2.36. The summed E-state index contributed by atoms with van der Waals surface area (Å²) in [7, 11) is 0. The van der Waals surface area contributed by atoms with Crippen molar-refractivity contribution in [3.05, 3.63) is 0 Å². The first kappa shape index (κ1) is 13.7. The summed E-state index contributed by atoms with van der Waals surface area (Å²) < 4.78 is 25.8. The molecular weight excluding hydrogens is 232 g/mol. The molecule has 1 atom stereocenters. The van der Waals surface area contributed by atoms with Gasteiger partial charge in [0, 0.05) is 18.8 Å². The first-order valence-electron chi connectivity index (χ1n) is 5.51. The van der Waals surface area contributed by atoms with Crippen LogP contribution in [0.25, 0.3) is 0 Å². The molecule has 5 nitrogen and oxygen atoms in total. The van der Waals surface area contributed by atoms with E-state index < -0.39 is 17.9 Å². The van der Waals surface area contributed by atoms with E-state index in [9.17, 15) is 13.6 Å². The lowest BCUT2D eigenvalue weighted by Crippen LogP contribution is -2.46. The molecule has 0 aliphatic heterocycles. The Morgan fingerprint density at radius 3 is 2.53 bits per heavy atom. The van der Waals surface area contributed by atoms with Crippen LogP contribution in [0.15, 0.2) is 5.16 Å². The molecule has 98 valence electrons. The van der Waals surface area contributed by atoms with Crippen LogP contribution in [0, 0.1) is 5.92 Å². The van der Waals surface area contributed by atoms with Gasteiger partial charge in [-0.3, -0.25) is 4.79 Å². The Morgan fingerprint density at radius 1 is 1.53 bits per heavy atom. The molecular formula is C10H17F2N3O2. The number of carbonyl (C=O) groups excluding carboxylic acids is 1. The van der Waals surface area contributed by atoms with Crippen LogP contribution in [0.3, 0.4) is 0 Å². The first-order valence-corrected chi connectivity index (χ1v) is 5.51. The average molecular weight is 249 g/mol. The van der Waals surface area contributed by atoms with E-state index >= 15 is 0 Å². The molecule has 1 aliphatic carbocycles. The number of hydrogen-bond acceptors (Lipinski definition) is 3. The van der Waals surface area contributed by atoms with Gasteiger partial charge in [0.1, 0.15) is 0 Å². The molecule has 0 aromatic heterocycles. The minimum atomic E-state index is -2.64. The van der Waals surface area contributed by atoms with Gasteiger partial charge in [0.25, 0.3) is 0 Å². The number of amidine groups is 1. The van der Waals surface area contributed by atoms with Crippen molar-refractivity contribution < 1.29 is 18.8 Å². The van der Waals surface area contributed by atoms with E-state index in [0.717, 1.165) is 0 Å². The number of carbonyl (C=O) groups is 1. The Balaban J connectivity index is 2.45. The number of nitrogens with two attached hydrogens (primary N) is 1. The lowest BCUT2D eigenvalue weighted by Gasteiger charge is -2.28. The third-order valence-electron chi connectivity index (χ3n) is 3.01. The van der Waals surface area contributed by atoms with Crippen LogP contribution in [-0.2, 0) is 4.79 Å². The van der Waals surface area contributed by atoms with E-state index in [0.29, 0.717) is 0 Å². The van der Waals surface area contributed by atoms with Gasteiger partial charge in [-0.25, -0.2) is 8.78 Å². The highest BCUT2D eigenvalue weighted by molar-refractivity contribution is 5.90.